The van der Waals surface area contributed by atoms with Gasteiger partial charge in [-0.3, -0.25) is 4.90 Å². The molecule has 0 aliphatic carbocycles. The first-order chi connectivity index (χ1) is 10.8. The van der Waals surface area contributed by atoms with E-state index in [9.17, 15) is 4.79 Å². The first-order valence-corrected chi connectivity index (χ1v) is 8.60. The summed E-state index contributed by atoms with van der Waals surface area (Å²) in [6.07, 6.45) is 0.600. The van der Waals surface area contributed by atoms with E-state index in [0.717, 1.165) is 36.3 Å². The lowest BCUT2D eigenvalue weighted by Gasteiger charge is -2.22. The number of alkyl carbamates (subject to hydrolysis) is 1. The lowest BCUT2D eigenvalue weighted by molar-refractivity contribution is 0.0505. The molecule has 128 valence electrons. The third-order valence-corrected chi connectivity index (χ3v) is 4.39. The summed E-state index contributed by atoms with van der Waals surface area (Å²) < 4.78 is 11.6. The van der Waals surface area contributed by atoms with Crippen LogP contribution < -0.4 is 10.1 Å². The minimum absolute atomic E-state index is 0.141. The maximum absolute atomic E-state index is 11.8. The number of likely N-dealkylation sites (tertiary alicyclic amines) is 1. The van der Waals surface area contributed by atoms with Crippen LogP contribution in [0.3, 0.4) is 0 Å². The maximum atomic E-state index is 11.8. The largest absolute Gasteiger partial charge is 0.497 e. The molecule has 0 aromatic heterocycles. The summed E-state index contributed by atoms with van der Waals surface area (Å²) in [4.78, 5) is 14.2. The van der Waals surface area contributed by atoms with Gasteiger partial charge in [-0.05, 0) is 44.9 Å². The Labute approximate surface area is 146 Å². The molecule has 0 saturated carbocycles. The second kappa shape index (κ2) is 7.53. The van der Waals surface area contributed by atoms with E-state index < -0.39 is 5.60 Å². The molecule has 5 nitrogen and oxygen atoms in total. The summed E-state index contributed by atoms with van der Waals surface area (Å²) in [6.45, 7) is 8.24. The highest BCUT2D eigenvalue weighted by molar-refractivity contribution is 9.10. The third-order valence-electron chi connectivity index (χ3n) is 3.65. The molecule has 1 heterocycles. The van der Waals surface area contributed by atoms with Crippen molar-refractivity contribution in [1.82, 2.24) is 10.2 Å². The second-order valence-corrected chi connectivity index (χ2v) is 7.68. The molecule has 6 heteroatoms. The van der Waals surface area contributed by atoms with E-state index in [0.29, 0.717) is 0 Å². The van der Waals surface area contributed by atoms with Crippen molar-refractivity contribution in [2.24, 2.45) is 0 Å². The van der Waals surface area contributed by atoms with Crippen molar-refractivity contribution < 1.29 is 14.3 Å². The molecular weight excluding hydrogens is 360 g/mol. The van der Waals surface area contributed by atoms with Crippen LogP contribution >= 0.6 is 15.9 Å². The molecule has 0 spiro atoms. The van der Waals surface area contributed by atoms with E-state index in [1.165, 1.54) is 5.56 Å². The van der Waals surface area contributed by atoms with E-state index >= 15 is 0 Å². The number of carbonyl (C=O) groups excluding carboxylic acids is 1. The van der Waals surface area contributed by atoms with Gasteiger partial charge in [-0.2, -0.15) is 0 Å². The van der Waals surface area contributed by atoms with E-state index in [4.69, 9.17) is 9.47 Å². The van der Waals surface area contributed by atoms with E-state index in [1.807, 2.05) is 32.9 Å². The molecule has 1 aliphatic rings. The van der Waals surface area contributed by atoms with Crippen molar-refractivity contribution in [2.45, 2.75) is 45.4 Å². The summed E-state index contributed by atoms with van der Waals surface area (Å²) >= 11 is 3.59. The number of methoxy groups -OCH3 is 1. The molecule has 1 saturated heterocycles. The van der Waals surface area contributed by atoms with Crippen LogP contribution in [0.5, 0.6) is 5.75 Å². The summed E-state index contributed by atoms with van der Waals surface area (Å²) in [5.41, 5.74) is 0.750. The SMILES string of the molecule is COc1ccc(CN2CCC(NC(=O)OC(C)(C)C)C2)c(Br)c1. The van der Waals surface area contributed by atoms with Crippen LogP contribution in [0.1, 0.15) is 32.8 Å². The smallest absolute Gasteiger partial charge is 0.407 e. The van der Waals surface area contributed by atoms with Crippen LogP contribution in [-0.4, -0.2) is 42.8 Å². The topological polar surface area (TPSA) is 50.8 Å². The first-order valence-electron chi connectivity index (χ1n) is 7.81. The Balaban J connectivity index is 1.85. The highest BCUT2D eigenvalue weighted by atomic mass is 79.9. The predicted molar refractivity (Wildman–Crippen MR) is 93.7 cm³/mol. The van der Waals surface area contributed by atoms with Crippen molar-refractivity contribution in [3.63, 3.8) is 0 Å². The van der Waals surface area contributed by atoms with Gasteiger partial charge in [0.25, 0.3) is 0 Å². The minimum atomic E-state index is -0.462. The van der Waals surface area contributed by atoms with Crippen molar-refractivity contribution in [2.75, 3.05) is 20.2 Å². The monoisotopic (exact) mass is 384 g/mol. The van der Waals surface area contributed by atoms with Gasteiger partial charge in [-0.15, -0.1) is 0 Å². The number of carbonyl (C=O) groups is 1. The lowest BCUT2D eigenvalue weighted by atomic mass is 10.2. The number of hydrogen-bond acceptors (Lipinski definition) is 4. The van der Waals surface area contributed by atoms with Gasteiger partial charge in [-0.25, -0.2) is 4.79 Å². The Hall–Kier alpha value is -1.27. The number of halogens is 1. The molecule has 0 bridgehead atoms. The summed E-state index contributed by atoms with van der Waals surface area (Å²) in [5.74, 6) is 0.839. The van der Waals surface area contributed by atoms with Crippen LogP contribution in [0.2, 0.25) is 0 Å². The number of benzene rings is 1. The molecule has 1 amide bonds. The second-order valence-electron chi connectivity index (χ2n) is 6.82. The van der Waals surface area contributed by atoms with Crippen LogP contribution in [0.15, 0.2) is 22.7 Å². The van der Waals surface area contributed by atoms with Crippen LogP contribution in [0, 0.1) is 0 Å². The molecule has 1 aromatic carbocycles. The van der Waals surface area contributed by atoms with Gasteiger partial charge >= 0.3 is 6.09 Å². The molecule has 1 atom stereocenters. The average Bonchev–Trinajstić information content (AvgIpc) is 2.86. The molecule has 1 fully saturated rings. The maximum Gasteiger partial charge on any atom is 0.407 e. The van der Waals surface area contributed by atoms with Crippen molar-refractivity contribution in [3.05, 3.63) is 28.2 Å². The third kappa shape index (κ3) is 5.70. The van der Waals surface area contributed by atoms with Crippen LogP contribution in [0.25, 0.3) is 0 Å². The van der Waals surface area contributed by atoms with Gasteiger partial charge < -0.3 is 14.8 Å². The van der Waals surface area contributed by atoms with Crippen LogP contribution in [-0.2, 0) is 11.3 Å². The Morgan fingerprint density at radius 2 is 2.17 bits per heavy atom. The van der Waals surface area contributed by atoms with Gasteiger partial charge in [-0.1, -0.05) is 22.0 Å². The van der Waals surface area contributed by atoms with Crippen molar-refractivity contribution in [3.8, 4) is 5.75 Å². The summed E-state index contributed by atoms with van der Waals surface area (Å²) in [6, 6.07) is 6.15. The molecule has 23 heavy (non-hydrogen) atoms. The average molecular weight is 385 g/mol. The number of amides is 1. The highest BCUT2D eigenvalue weighted by Crippen LogP contribution is 2.25. The highest BCUT2D eigenvalue weighted by Gasteiger charge is 2.26. The number of nitrogens with zero attached hydrogens (tertiary/aromatic N) is 1. The molecule has 2 rings (SSSR count). The fourth-order valence-corrected chi connectivity index (χ4v) is 3.08. The number of ether oxygens (including phenoxy) is 2. The van der Waals surface area contributed by atoms with E-state index in [-0.39, 0.29) is 12.1 Å². The van der Waals surface area contributed by atoms with Crippen molar-refractivity contribution >= 4 is 22.0 Å². The first kappa shape index (κ1) is 18.1. The zero-order chi connectivity index (χ0) is 17.0. The zero-order valence-corrected chi connectivity index (χ0v) is 15.8. The number of rotatable bonds is 4. The molecule has 0 radical (unpaired) electrons. The predicted octanol–water partition coefficient (Wildman–Crippen LogP) is 3.56. The lowest BCUT2D eigenvalue weighted by Crippen LogP contribution is -2.40. The van der Waals surface area contributed by atoms with Crippen LogP contribution in [0.4, 0.5) is 4.79 Å². The molecule has 1 N–H and O–H groups in total. The standard InChI is InChI=1S/C17H25BrN2O3/c1-17(2,3)23-16(21)19-13-7-8-20(11-13)10-12-5-6-14(22-4)9-15(12)18/h5-6,9,13H,7-8,10-11H2,1-4H3,(H,19,21). The van der Waals surface area contributed by atoms with E-state index in [2.05, 4.69) is 32.2 Å². The van der Waals surface area contributed by atoms with Gasteiger partial charge in [0.15, 0.2) is 0 Å². The summed E-state index contributed by atoms with van der Waals surface area (Å²) in [7, 11) is 1.66. The van der Waals surface area contributed by atoms with Gasteiger partial charge in [0.1, 0.15) is 11.4 Å². The Morgan fingerprint density at radius 1 is 1.43 bits per heavy atom. The molecule has 1 aromatic rings. The minimum Gasteiger partial charge on any atom is -0.497 e. The fraction of sp³-hybridized carbons (Fsp3) is 0.588. The molecule has 1 unspecified atom stereocenters. The van der Waals surface area contributed by atoms with Crippen molar-refractivity contribution in [1.29, 1.82) is 0 Å². The zero-order valence-electron chi connectivity index (χ0n) is 14.2. The number of nitrogens with one attached hydrogen (secondary N) is 1. The molecular formula is C17H25BrN2O3. The number of hydrogen-bond donors (Lipinski definition) is 1. The Bertz CT molecular complexity index is 557. The van der Waals surface area contributed by atoms with E-state index in [1.54, 1.807) is 7.11 Å². The summed E-state index contributed by atoms with van der Waals surface area (Å²) in [5, 5.41) is 2.95. The van der Waals surface area contributed by atoms with Gasteiger partial charge in [0, 0.05) is 30.1 Å². The Morgan fingerprint density at radius 3 is 2.78 bits per heavy atom. The quantitative estimate of drug-likeness (QED) is 0.861. The van der Waals surface area contributed by atoms with Gasteiger partial charge in [0.2, 0.25) is 0 Å². The van der Waals surface area contributed by atoms with Gasteiger partial charge in [0.05, 0.1) is 7.11 Å². The Kier molecular flexibility index (Phi) is 5.92. The molecule has 1 aliphatic heterocycles. The fourth-order valence-electron chi connectivity index (χ4n) is 2.59. The normalized spacial score (nSPS) is 18.7.